The zero-order chi connectivity index (χ0) is 15.9. The number of aromatic nitrogens is 2. The maximum Gasteiger partial charge on any atom is 0.262 e. The lowest BCUT2D eigenvalue weighted by Crippen LogP contribution is -2.45. The number of amides is 3. The van der Waals surface area contributed by atoms with Crippen LogP contribution in [0.1, 0.15) is 27.6 Å². The number of fused-ring (bicyclic) bond motifs is 1. The molecule has 1 N–H and O–H groups in total. The molecule has 0 bridgehead atoms. The third-order valence-corrected chi connectivity index (χ3v) is 3.65. The molecule has 3 rings (SSSR count). The topological polar surface area (TPSA) is 84.3 Å². The number of aryl methyl sites for hydroxylation is 1. The number of carbonyl (C=O) groups excluding carboxylic acids is 3. The summed E-state index contributed by atoms with van der Waals surface area (Å²) in [6, 6.07) is 5.61. The van der Waals surface area contributed by atoms with Crippen LogP contribution in [0.4, 0.5) is 5.95 Å². The monoisotopic (exact) mass is 298 g/mol. The van der Waals surface area contributed by atoms with Gasteiger partial charge in [-0.1, -0.05) is 12.1 Å². The van der Waals surface area contributed by atoms with Crippen LogP contribution in [-0.2, 0) is 11.8 Å². The Morgan fingerprint density at radius 3 is 2.27 bits per heavy atom. The van der Waals surface area contributed by atoms with Crippen LogP contribution in [0.15, 0.2) is 36.7 Å². The van der Waals surface area contributed by atoms with Gasteiger partial charge in [0.25, 0.3) is 11.8 Å². The van der Waals surface area contributed by atoms with E-state index < -0.39 is 23.8 Å². The molecule has 22 heavy (non-hydrogen) atoms. The van der Waals surface area contributed by atoms with Gasteiger partial charge in [-0.15, -0.1) is 0 Å². The minimum atomic E-state index is -0.927. The molecule has 3 amide bonds. The average molecular weight is 298 g/mol. The summed E-state index contributed by atoms with van der Waals surface area (Å²) in [6.45, 7) is 1.51. The molecule has 7 nitrogen and oxygen atoms in total. The van der Waals surface area contributed by atoms with E-state index in [1.54, 1.807) is 48.3 Å². The molecule has 1 unspecified atom stereocenters. The number of benzene rings is 1. The maximum atomic E-state index is 12.3. The Kier molecular flexibility index (Phi) is 3.25. The molecule has 1 aliphatic rings. The van der Waals surface area contributed by atoms with E-state index in [0.29, 0.717) is 17.1 Å². The number of imide groups is 1. The van der Waals surface area contributed by atoms with E-state index in [2.05, 4.69) is 10.3 Å². The summed E-state index contributed by atoms with van der Waals surface area (Å²) in [5.41, 5.74) is 0.647. The standard InChI is InChI=1S/C15H14N4O3/c1-9(12(20)17-15-16-7-8-18(15)2)19-13(21)10-5-3-4-6-11(10)14(19)22/h3-9H,1-2H3,(H,16,17,20). The molecule has 1 aromatic heterocycles. The zero-order valence-electron chi connectivity index (χ0n) is 12.1. The second kappa shape index (κ2) is 5.10. The van der Waals surface area contributed by atoms with E-state index >= 15 is 0 Å². The summed E-state index contributed by atoms with van der Waals surface area (Å²) in [5, 5.41) is 2.60. The molecule has 0 spiro atoms. The summed E-state index contributed by atoms with van der Waals surface area (Å²) >= 11 is 0. The smallest absolute Gasteiger partial charge is 0.262 e. The number of rotatable bonds is 3. The Bertz CT molecular complexity index is 746. The van der Waals surface area contributed by atoms with Crippen molar-refractivity contribution in [3.05, 3.63) is 47.8 Å². The lowest BCUT2D eigenvalue weighted by atomic mass is 10.1. The van der Waals surface area contributed by atoms with Gasteiger partial charge >= 0.3 is 0 Å². The SMILES string of the molecule is CC(C(=O)Nc1nccn1C)N1C(=O)c2ccccc2C1=O. The van der Waals surface area contributed by atoms with Crippen LogP contribution >= 0.6 is 0 Å². The number of anilines is 1. The molecule has 0 saturated carbocycles. The van der Waals surface area contributed by atoms with E-state index in [9.17, 15) is 14.4 Å². The van der Waals surface area contributed by atoms with Gasteiger partial charge in [0.05, 0.1) is 11.1 Å². The summed E-state index contributed by atoms with van der Waals surface area (Å²) in [6.07, 6.45) is 3.23. The number of imidazole rings is 1. The number of nitrogens with one attached hydrogen (secondary N) is 1. The maximum absolute atomic E-state index is 12.3. The fourth-order valence-electron chi connectivity index (χ4n) is 2.38. The third kappa shape index (κ3) is 2.07. The van der Waals surface area contributed by atoms with Crippen molar-refractivity contribution in [3.8, 4) is 0 Å². The first kappa shape index (κ1) is 14.0. The first-order valence-corrected chi connectivity index (χ1v) is 6.76. The van der Waals surface area contributed by atoms with E-state index in [1.165, 1.54) is 6.92 Å². The Morgan fingerprint density at radius 1 is 1.18 bits per heavy atom. The van der Waals surface area contributed by atoms with Crippen molar-refractivity contribution >= 4 is 23.7 Å². The molecule has 1 atom stereocenters. The van der Waals surface area contributed by atoms with Crippen LogP contribution in [-0.4, -0.2) is 38.2 Å². The Balaban J connectivity index is 1.83. The van der Waals surface area contributed by atoms with Crippen molar-refractivity contribution in [2.24, 2.45) is 7.05 Å². The van der Waals surface area contributed by atoms with E-state index in [4.69, 9.17) is 0 Å². The predicted octanol–water partition coefficient (Wildman–Crippen LogP) is 1.04. The molecule has 0 saturated heterocycles. The van der Waals surface area contributed by atoms with E-state index in [-0.39, 0.29) is 0 Å². The van der Waals surface area contributed by atoms with Crippen molar-refractivity contribution in [2.75, 3.05) is 5.32 Å². The third-order valence-electron chi connectivity index (χ3n) is 3.65. The summed E-state index contributed by atoms with van der Waals surface area (Å²) in [7, 11) is 1.73. The first-order valence-electron chi connectivity index (χ1n) is 6.76. The van der Waals surface area contributed by atoms with Crippen molar-refractivity contribution in [2.45, 2.75) is 13.0 Å². The molecule has 7 heteroatoms. The van der Waals surface area contributed by atoms with E-state index in [1.807, 2.05) is 0 Å². The molecule has 0 radical (unpaired) electrons. The molecule has 0 fully saturated rings. The highest BCUT2D eigenvalue weighted by molar-refractivity contribution is 6.23. The van der Waals surface area contributed by atoms with E-state index in [0.717, 1.165) is 4.90 Å². The van der Waals surface area contributed by atoms with Gasteiger partial charge in [-0.05, 0) is 19.1 Å². The molecular formula is C15H14N4O3. The van der Waals surface area contributed by atoms with Crippen LogP contribution in [0.25, 0.3) is 0 Å². The van der Waals surface area contributed by atoms with Gasteiger partial charge in [0.2, 0.25) is 11.9 Å². The summed E-state index contributed by atoms with van der Waals surface area (Å²) < 4.78 is 1.63. The highest BCUT2D eigenvalue weighted by Crippen LogP contribution is 2.24. The lowest BCUT2D eigenvalue weighted by molar-refractivity contribution is -0.119. The molecule has 1 aliphatic heterocycles. The van der Waals surface area contributed by atoms with Gasteiger partial charge in [0.15, 0.2) is 0 Å². The van der Waals surface area contributed by atoms with Crippen molar-refractivity contribution in [3.63, 3.8) is 0 Å². The molecular weight excluding hydrogens is 284 g/mol. The molecule has 1 aromatic carbocycles. The number of nitrogens with zero attached hydrogens (tertiary/aromatic N) is 3. The minimum Gasteiger partial charge on any atom is -0.320 e. The second-order valence-electron chi connectivity index (χ2n) is 5.05. The first-order chi connectivity index (χ1) is 10.5. The van der Waals surface area contributed by atoms with Crippen LogP contribution in [0, 0.1) is 0 Å². The van der Waals surface area contributed by atoms with Gasteiger partial charge in [-0.25, -0.2) is 4.98 Å². The zero-order valence-corrected chi connectivity index (χ0v) is 12.1. The van der Waals surface area contributed by atoms with Gasteiger partial charge in [0, 0.05) is 19.4 Å². The largest absolute Gasteiger partial charge is 0.320 e. The number of carbonyl (C=O) groups is 3. The van der Waals surface area contributed by atoms with Crippen molar-refractivity contribution in [1.82, 2.24) is 14.5 Å². The molecule has 2 aromatic rings. The highest BCUT2D eigenvalue weighted by atomic mass is 16.2. The normalized spacial score (nSPS) is 14.9. The number of hydrogen-bond acceptors (Lipinski definition) is 4. The fraction of sp³-hybridized carbons (Fsp3) is 0.200. The quantitative estimate of drug-likeness (QED) is 0.858. The van der Waals surface area contributed by atoms with Crippen LogP contribution < -0.4 is 5.32 Å². The Labute approximate surface area is 126 Å². The molecule has 0 aliphatic carbocycles. The predicted molar refractivity (Wildman–Crippen MR) is 78.2 cm³/mol. The molecule has 112 valence electrons. The van der Waals surface area contributed by atoms with Gasteiger partial charge < -0.3 is 4.57 Å². The van der Waals surface area contributed by atoms with Gasteiger partial charge in [0.1, 0.15) is 6.04 Å². The second-order valence-corrected chi connectivity index (χ2v) is 5.05. The Morgan fingerprint density at radius 2 is 1.77 bits per heavy atom. The Hall–Kier alpha value is -2.96. The van der Waals surface area contributed by atoms with Crippen molar-refractivity contribution in [1.29, 1.82) is 0 Å². The van der Waals surface area contributed by atoms with Crippen LogP contribution in [0.2, 0.25) is 0 Å². The minimum absolute atomic E-state index is 0.323. The highest BCUT2D eigenvalue weighted by Gasteiger charge is 2.40. The fourth-order valence-corrected chi connectivity index (χ4v) is 2.38. The summed E-state index contributed by atoms with van der Waals surface area (Å²) in [5.74, 6) is -1.02. The number of hydrogen-bond donors (Lipinski definition) is 1. The summed E-state index contributed by atoms with van der Waals surface area (Å²) in [4.78, 5) is 41.9. The average Bonchev–Trinajstić information content (AvgIpc) is 3.02. The molecule has 2 heterocycles. The van der Waals surface area contributed by atoms with Crippen LogP contribution in [0.5, 0.6) is 0 Å². The van der Waals surface area contributed by atoms with Crippen molar-refractivity contribution < 1.29 is 14.4 Å². The van der Waals surface area contributed by atoms with Crippen LogP contribution in [0.3, 0.4) is 0 Å². The van der Waals surface area contributed by atoms with Gasteiger partial charge in [-0.2, -0.15) is 0 Å². The van der Waals surface area contributed by atoms with Gasteiger partial charge in [-0.3, -0.25) is 24.6 Å². The lowest BCUT2D eigenvalue weighted by Gasteiger charge is -2.21.